The van der Waals surface area contributed by atoms with Crippen LogP contribution in [0.25, 0.3) is 0 Å². The van der Waals surface area contributed by atoms with Crippen LogP contribution in [0.1, 0.15) is 10.4 Å². The molecule has 0 bridgehead atoms. The maximum atomic E-state index is 11.0. The minimum atomic E-state index is -1.16. The molecule has 0 aliphatic rings. The van der Waals surface area contributed by atoms with E-state index < -0.39 is 10.9 Å². The number of nitrogens with zero attached hydrogens (tertiary/aromatic N) is 2. The summed E-state index contributed by atoms with van der Waals surface area (Å²) in [5.41, 5.74) is -0.209. The van der Waals surface area contributed by atoms with Gasteiger partial charge in [-0.05, 0) is 12.1 Å². The van der Waals surface area contributed by atoms with Crippen molar-refractivity contribution in [1.82, 2.24) is 4.98 Å². The van der Waals surface area contributed by atoms with Crippen LogP contribution in [0.4, 0.5) is 5.69 Å². The lowest BCUT2D eigenvalue weighted by Crippen LogP contribution is -2.00. The van der Waals surface area contributed by atoms with Gasteiger partial charge in [-0.15, -0.1) is 0 Å². The predicted octanol–water partition coefficient (Wildman–Crippen LogP) is 2.48. The van der Waals surface area contributed by atoms with Gasteiger partial charge in [-0.1, -0.05) is 6.07 Å². The number of aromatic carboxylic acids is 1. The third-order valence-corrected chi connectivity index (χ3v) is 2.27. The van der Waals surface area contributed by atoms with Crippen LogP contribution in [0.5, 0.6) is 11.5 Å². The van der Waals surface area contributed by atoms with Gasteiger partial charge in [-0.2, -0.15) is 0 Å². The maximum absolute atomic E-state index is 11.0. The second-order valence-corrected chi connectivity index (χ2v) is 3.53. The van der Waals surface area contributed by atoms with Gasteiger partial charge in [0.15, 0.2) is 5.75 Å². The summed E-state index contributed by atoms with van der Waals surface area (Å²) < 4.78 is 5.31. The zero-order chi connectivity index (χ0) is 13.8. The molecule has 2 rings (SSSR count). The van der Waals surface area contributed by atoms with Crippen LogP contribution in [-0.4, -0.2) is 21.0 Å². The predicted molar refractivity (Wildman–Crippen MR) is 64.4 cm³/mol. The van der Waals surface area contributed by atoms with Crippen LogP contribution in [0.15, 0.2) is 42.7 Å². The fourth-order valence-corrected chi connectivity index (χ4v) is 1.43. The van der Waals surface area contributed by atoms with Gasteiger partial charge in [0.25, 0.3) is 5.69 Å². The Labute approximate surface area is 107 Å². The Morgan fingerprint density at radius 3 is 2.84 bits per heavy atom. The van der Waals surface area contributed by atoms with Crippen molar-refractivity contribution < 1.29 is 19.6 Å². The number of carbonyl (C=O) groups is 1. The highest BCUT2D eigenvalue weighted by atomic mass is 16.6. The number of benzene rings is 1. The molecule has 19 heavy (non-hydrogen) atoms. The largest absolute Gasteiger partial charge is 0.478 e. The first-order chi connectivity index (χ1) is 9.08. The number of carboxylic acid groups (broad SMARTS) is 1. The Kier molecular flexibility index (Phi) is 3.37. The summed E-state index contributed by atoms with van der Waals surface area (Å²) in [5, 5.41) is 19.6. The number of ether oxygens (including phenoxy) is 1. The summed E-state index contributed by atoms with van der Waals surface area (Å²) in [5.74, 6) is -0.969. The van der Waals surface area contributed by atoms with E-state index in [-0.39, 0.29) is 22.7 Å². The molecule has 1 aromatic carbocycles. The Bertz CT molecular complexity index is 642. The van der Waals surface area contributed by atoms with Crippen LogP contribution in [0.2, 0.25) is 0 Å². The molecule has 0 unspecified atom stereocenters. The minimum Gasteiger partial charge on any atom is -0.478 e. The summed E-state index contributed by atoms with van der Waals surface area (Å²) >= 11 is 0. The molecular formula is C12H8N2O5. The van der Waals surface area contributed by atoms with Gasteiger partial charge >= 0.3 is 5.97 Å². The summed E-state index contributed by atoms with van der Waals surface area (Å²) in [6.07, 6.45) is 2.56. The Morgan fingerprint density at radius 2 is 2.16 bits per heavy atom. The molecule has 1 heterocycles. The number of hydrogen-bond acceptors (Lipinski definition) is 5. The third kappa shape index (κ3) is 2.83. The van der Waals surface area contributed by atoms with Gasteiger partial charge in [0, 0.05) is 12.3 Å². The van der Waals surface area contributed by atoms with Crippen molar-refractivity contribution in [2.24, 2.45) is 0 Å². The number of nitro benzene ring substituents is 1. The molecule has 0 amide bonds. The zero-order valence-corrected chi connectivity index (χ0v) is 9.52. The van der Waals surface area contributed by atoms with E-state index in [0.717, 1.165) is 0 Å². The molecule has 0 aliphatic heterocycles. The quantitative estimate of drug-likeness (QED) is 0.669. The molecule has 0 saturated carbocycles. The molecule has 7 heteroatoms. The van der Waals surface area contributed by atoms with Crippen molar-refractivity contribution in [1.29, 1.82) is 0 Å². The van der Waals surface area contributed by atoms with E-state index in [4.69, 9.17) is 9.84 Å². The Balaban J connectivity index is 2.34. The van der Waals surface area contributed by atoms with E-state index in [1.54, 1.807) is 0 Å². The van der Waals surface area contributed by atoms with Gasteiger partial charge in [0.1, 0.15) is 11.3 Å². The zero-order valence-electron chi connectivity index (χ0n) is 9.52. The van der Waals surface area contributed by atoms with E-state index >= 15 is 0 Å². The monoisotopic (exact) mass is 260 g/mol. The van der Waals surface area contributed by atoms with E-state index in [2.05, 4.69) is 4.98 Å². The molecular weight excluding hydrogens is 252 g/mol. The van der Waals surface area contributed by atoms with Crippen molar-refractivity contribution in [2.45, 2.75) is 0 Å². The third-order valence-electron chi connectivity index (χ3n) is 2.27. The molecule has 0 atom stereocenters. The summed E-state index contributed by atoms with van der Waals surface area (Å²) in [7, 11) is 0. The average Bonchev–Trinajstić information content (AvgIpc) is 2.39. The fraction of sp³-hybridized carbons (Fsp3) is 0. The van der Waals surface area contributed by atoms with Gasteiger partial charge in [0.05, 0.1) is 17.2 Å². The van der Waals surface area contributed by atoms with Crippen LogP contribution < -0.4 is 4.74 Å². The summed E-state index contributed by atoms with van der Waals surface area (Å²) in [4.78, 5) is 24.8. The number of non-ortho nitro benzene ring substituents is 1. The van der Waals surface area contributed by atoms with Crippen molar-refractivity contribution in [3.05, 3.63) is 58.4 Å². The lowest BCUT2D eigenvalue weighted by atomic mass is 10.2. The summed E-state index contributed by atoms with van der Waals surface area (Å²) in [6, 6.07) is 6.75. The van der Waals surface area contributed by atoms with Gasteiger partial charge in [-0.3, -0.25) is 15.1 Å². The molecule has 7 nitrogen and oxygen atoms in total. The molecule has 1 aromatic heterocycles. The maximum Gasteiger partial charge on any atom is 0.339 e. The molecule has 0 aliphatic carbocycles. The van der Waals surface area contributed by atoms with Crippen molar-refractivity contribution in [3.8, 4) is 11.5 Å². The van der Waals surface area contributed by atoms with Crippen molar-refractivity contribution in [2.75, 3.05) is 0 Å². The average molecular weight is 260 g/mol. The van der Waals surface area contributed by atoms with Crippen LogP contribution in [0, 0.1) is 10.1 Å². The number of pyridine rings is 1. The first-order valence-electron chi connectivity index (χ1n) is 5.17. The molecule has 0 saturated heterocycles. The lowest BCUT2D eigenvalue weighted by molar-refractivity contribution is -0.384. The number of aromatic nitrogens is 1. The minimum absolute atomic E-state index is 0.0236. The molecule has 96 valence electrons. The second kappa shape index (κ2) is 5.13. The van der Waals surface area contributed by atoms with E-state index in [0.29, 0.717) is 0 Å². The first kappa shape index (κ1) is 12.5. The Morgan fingerprint density at radius 1 is 1.37 bits per heavy atom. The standard InChI is InChI=1S/C12H8N2O5/c15-12(16)10-4-5-13-7-11(10)19-9-3-1-2-8(6-9)14(17)18/h1-7H,(H,15,16). The molecule has 2 aromatic rings. The second-order valence-electron chi connectivity index (χ2n) is 3.53. The van der Waals surface area contributed by atoms with E-state index in [1.165, 1.54) is 42.7 Å². The van der Waals surface area contributed by atoms with Gasteiger partial charge in [-0.25, -0.2) is 4.79 Å². The van der Waals surface area contributed by atoms with E-state index in [9.17, 15) is 14.9 Å². The summed E-state index contributed by atoms with van der Waals surface area (Å²) in [6.45, 7) is 0. The van der Waals surface area contributed by atoms with Crippen LogP contribution in [0.3, 0.4) is 0 Å². The van der Waals surface area contributed by atoms with Gasteiger partial charge in [0.2, 0.25) is 0 Å². The number of carboxylic acids is 1. The molecule has 0 radical (unpaired) electrons. The molecule has 1 N–H and O–H groups in total. The van der Waals surface area contributed by atoms with E-state index in [1.807, 2.05) is 0 Å². The van der Waals surface area contributed by atoms with Crippen molar-refractivity contribution >= 4 is 11.7 Å². The number of nitro groups is 1. The van der Waals surface area contributed by atoms with Crippen LogP contribution in [-0.2, 0) is 0 Å². The topological polar surface area (TPSA) is 103 Å². The Hall–Kier alpha value is -2.96. The molecule has 0 spiro atoms. The van der Waals surface area contributed by atoms with Crippen molar-refractivity contribution in [3.63, 3.8) is 0 Å². The molecule has 0 fully saturated rings. The SMILES string of the molecule is O=C(O)c1ccncc1Oc1cccc([N+](=O)[O-])c1. The highest BCUT2D eigenvalue weighted by Gasteiger charge is 2.13. The first-order valence-corrected chi connectivity index (χ1v) is 5.17. The lowest BCUT2D eigenvalue weighted by Gasteiger charge is -2.07. The highest BCUT2D eigenvalue weighted by Crippen LogP contribution is 2.27. The van der Waals surface area contributed by atoms with Gasteiger partial charge < -0.3 is 9.84 Å². The highest BCUT2D eigenvalue weighted by molar-refractivity contribution is 5.90. The van der Waals surface area contributed by atoms with Crippen LogP contribution >= 0.6 is 0 Å². The normalized spacial score (nSPS) is 9.89. The number of rotatable bonds is 4. The number of hydrogen-bond donors (Lipinski definition) is 1. The fourth-order valence-electron chi connectivity index (χ4n) is 1.43. The smallest absolute Gasteiger partial charge is 0.339 e.